The lowest BCUT2D eigenvalue weighted by molar-refractivity contribution is 0.570. The first-order valence-corrected chi connectivity index (χ1v) is 4.58. The smallest absolute Gasteiger partial charge is 0.0980 e. The summed E-state index contributed by atoms with van der Waals surface area (Å²) in [5, 5.41) is 0. The second-order valence-corrected chi connectivity index (χ2v) is 5.45. The highest BCUT2D eigenvalue weighted by Gasteiger charge is 2.48. The van der Waals surface area contributed by atoms with E-state index < -0.39 is 0 Å². The van der Waals surface area contributed by atoms with Crippen LogP contribution in [0.3, 0.4) is 0 Å². The van der Waals surface area contributed by atoms with Crippen molar-refractivity contribution < 1.29 is 0 Å². The maximum atomic E-state index is 5.89. The van der Waals surface area contributed by atoms with Gasteiger partial charge in [0, 0.05) is 5.92 Å². The summed E-state index contributed by atoms with van der Waals surface area (Å²) < 4.78 is 0. The Morgan fingerprint density at radius 1 is 1.42 bits per heavy atom. The van der Waals surface area contributed by atoms with Gasteiger partial charge in [0.15, 0.2) is 0 Å². The number of hydrogen-bond donors (Lipinski definition) is 1. The van der Waals surface area contributed by atoms with Crippen molar-refractivity contribution in [3.8, 4) is 0 Å². The Morgan fingerprint density at radius 2 is 1.83 bits per heavy atom. The minimum absolute atomic E-state index is 0.0250. The molecule has 1 aliphatic rings. The van der Waals surface area contributed by atoms with Gasteiger partial charge < -0.3 is 5.73 Å². The van der Waals surface area contributed by atoms with Gasteiger partial charge in [-0.15, -0.1) is 0 Å². The zero-order chi connectivity index (χ0) is 9.57. The quantitative estimate of drug-likeness (QED) is 0.473. The number of rotatable bonds is 1. The SMILES string of the molecule is CC(C)(C)N=C(N)C1CC1(C)C. The third-order valence-electron chi connectivity index (χ3n) is 2.33. The molecule has 12 heavy (non-hydrogen) atoms. The van der Waals surface area contributed by atoms with Gasteiger partial charge in [0.05, 0.1) is 11.4 Å². The van der Waals surface area contributed by atoms with Crippen LogP contribution < -0.4 is 5.73 Å². The summed E-state index contributed by atoms with van der Waals surface area (Å²) in [7, 11) is 0. The monoisotopic (exact) mass is 168 g/mol. The molecule has 70 valence electrons. The maximum Gasteiger partial charge on any atom is 0.0980 e. The van der Waals surface area contributed by atoms with Gasteiger partial charge in [0.25, 0.3) is 0 Å². The summed E-state index contributed by atoms with van der Waals surface area (Å²) >= 11 is 0. The van der Waals surface area contributed by atoms with E-state index in [1.807, 2.05) is 0 Å². The van der Waals surface area contributed by atoms with Crippen LogP contribution >= 0.6 is 0 Å². The molecule has 0 aromatic rings. The zero-order valence-electron chi connectivity index (χ0n) is 8.81. The van der Waals surface area contributed by atoms with Crippen LogP contribution in [0.4, 0.5) is 0 Å². The van der Waals surface area contributed by atoms with Crippen LogP contribution in [-0.2, 0) is 0 Å². The molecule has 0 aromatic carbocycles. The Hall–Kier alpha value is -0.530. The second kappa shape index (κ2) is 2.48. The molecule has 2 N–H and O–H groups in total. The van der Waals surface area contributed by atoms with E-state index in [4.69, 9.17) is 5.73 Å². The Balaban J connectivity index is 2.62. The Labute approximate surface area is 75.3 Å². The lowest BCUT2D eigenvalue weighted by Crippen LogP contribution is -2.23. The third kappa shape index (κ3) is 2.23. The van der Waals surface area contributed by atoms with Gasteiger partial charge in [-0.1, -0.05) is 13.8 Å². The average molecular weight is 168 g/mol. The minimum atomic E-state index is -0.0250. The lowest BCUT2D eigenvalue weighted by atomic mass is 10.1. The number of nitrogens with two attached hydrogens (primary N) is 1. The van der Waals surface area contributed by atoms with Crippen LogP contribution in [0, 0.1) is 11.3 Å². The molecule has 1 saturated carbocycles. The van der Waals surface area contributed by atoms with Crippen molar-refractivity contribution in [2.45, 2.75) is 46.6 Å². The van der Waals surface area contributed by atoms with Gasteiger partial charge >= 0.3 is 0 Å². The van der Waals surface area contributed by atoms with Crippen LogP contribution in [-0.4, -0.2) is 11.4 Å². The largest absolute Gasteiger partial charge is 0.387 e. The number of amidine groups is 1. The number of aliphatic imine (C=N–C) groups is 1. The molecule has 2 nitrogen and oxygen atoms in total. The van der Waals surface area contributed by atoms with E-state index in [1.54, 1.807) is 0 Å². The maximum absolute atomic E-state index is 5.89. The molecule has 0 aromatic heterocycles. The molecule has 1 unspecified atom stereocenters. The van der Waals surface area contributed by atoms with Gasteiger partial charge in [-0.25, -0.2) is 0 Å². The molecule has 1 aliphatic carbocycles. The van der Waals surface area contributed by atoms with Crippen LogP contribution in [0.15, 0.2) is 4.99 Å². The third-order valence-corrected chi connectivity index (χ3v) is 2.33. The van der Waals surface area contributed by atoms with E-state index in [1.165, 1.54) is 6.42 Å². The predicted molar refractivity (Wildman–Crippen MR) is 53.3 cm³/mol. The topological polar surface area (TPSA) is 38.4 Å². The van der Waals surface area contributed by atoms with E-state index in [0.717, 1.165) is 5.84 Å². The van der Waals surface area contributed by atoms with Crippen LogP contribution in [0.2, 0.25) is 0 Å². The Kier molecular flexibility index (Phi) is 1.97. The molecule has 0 amide bonds. The molecule has 0 spiro atoms. The van der Waals surface area contributed by atoms with Crippen LogP contribution in [0.25, 0.3) is 0 Å². The number of hydrogen-bond acceptors (Lipinski definition) is 1. The van der Waals surface area contributed by atoms with Crippen molar-refractivity contribution in [3.05, 3.63) is 0 Å². The second-order valence-electron chi connectivity index (χ2n) is 5.45. The molecule has 0 aliphatic heterocycles. The fourth-order valence-corrected chi connectivity index (χ4v) is 1.44. The van der Waals surface area contributed by atoms with Crippen molar-refractivity contribution in [2.75, 3.05) is 0 Å². The molecule has 1 rings (SSSR count). The van der Waals surface area contributed by atoms with Crippen molar-refractivity contribution in [1.82, 2.24) is 0 Å². The standard InChI is InChI=1S/C10H20N2/c1-9(2,3)12-8(11)7-6-10(7,4)5/h7H,6H2,1-5H3,(H2,11,12). The molecular weight excluding hydrogens is 148 g/mol. The van der Waals surface area contributed by atoms with Gasteiger partial charge in [0.2, 0.25) is 0 Å². The summed E-state index contributed by atoms with van der Waals surface area (Å²) in [6.07, 6.45) is 1.19. The highest BCUT2D eigenvalue weighted by Crippen LogP contribution is 2.51. The fourth-order valence-electron chi connectivity index (χ4n) is 1.44. The highest BCUT2D eigenvalue weighted by atomic mass is 14.9. The molecule has 0 bridgehead atoms. The molecule has 0 heterocycles. The first-order valence-electron chi connectivity index (χ1n) is 4.58. The summed E-state index contributed by atoms with van der Waals surface area (Å²) in [5.41, 5.74) is 6.27. The lowest BCUT2D eigenvalue weighted by Gasteiger charge is -2.14. The summed E-state index contributed by atoms with van der Waals surface area (Å²) in [5.74, 6) is 1.37. The van der Waals surface area contributed by atoms with Gasteiger partial charge in [-0.3, -0.25) is 4.99 Å². The van der Waals surface area contributed by atoms with Gasteiger partial charge in [-0.2, -0.15) is 0 Å². The van der Waals surface area contributed by atoms with E-state index in [0.29, 0.717) is 11.3 Å². The molecule has 1 atom stereocenters. The number of nitrogens with zero attached hydrogens (tertiary/aromatic N) is 1. The van der Waals surface area contributed by atoms with E-state index in [9.17, 15) is 0 Å². The van der Waals surface area contributed by atoms with Crippen LogP contribution in [0.5, 0.6) is 0 Å². The normalized spacial score (nSPS) is 28.8. The predicted octanol–water partition coefficient (Wildman–Crippen LogP) is 2.19. The molecule has 0 saturated heterocycles. The van der Waals surface area contributed by atoms with Crippen molar-refractivity contribution in [1.29, 1.82) is 0 Å². The molecule has 0 radical (unpaired) electrons. The first kappa shape index (κ1) is 9.56. The Bertz CT molecular complexity index is 208. The fraction of sp³-hybridized carbons (Fsp3) is 0.900. The minimum Gasteiger partial charge on any atom is -0.387 e. The first-order chi connectivity index (χ1) is 5.22. The molecular formula is C10H20N2. The summed E-state index contributed by atoms with van der Waals surface area (Å²) in [6, 6.07) is 0. The highest BCUT2D eigenvalue weighted by molar-refractivity contribution is 5.86. The Morgan fingerprint density at radius 3 is 2.08 bits per heavy atom. The van der Waals surface area contributed by atoms with E-state index in [2.05, 4.69) is 39.6 Å². The molecule has 2 heteroatoms. The average Bonchev–Trinajstić information content (AvgIpc) is 2.35. The van der Waals surface area contributed by atoms with E-state index in [-0.39, 0.29) is 5.54 Å². The van der Waals surface area contributed by atoms with Gasteiger partial charge in [0.1, 0.15) is 0 Å². The van der Waals surface area contributed by atoms with Gasteiger partial charge in [-0.05, 0) is 32.6 Å². The van der Waals surface area contributed by atoms with Crippen LogP contribution in [0.1, 0.15) is 41.0 Å². The van der Waals surface area contributed by atoms with E-state index >= 15 is 0 Å². The van der Waals surface area contributed by atoms with Crippen molar-refractivity contribution >= 4 is 5.84 Å². The van der Waals surface area contributed by atoms with Crippen molar-refractivity contribution in [2.24, 2.45) is 22.1 Å². The van der Waals surface area contributed by atoms with Crippen molar-refractivity contribution in [3.63, 3.8) is 0 Å². The zero-order valence-corrected chi connectivity index (χ0v) is 8.81. The summed E-state index contributed by atoms with van der Waals surface area (Å²) in [6.45, 7) is 10.7. The summed E-state index contributed by atoms with van der Waals surface area (Å²) in [4.78, 5) is 4.46. The molecule has 1 fully saturated rings.